The third kappa shape index (κ3) is 4.84. The molecular weight excluding hydrogens is 562 g/mol. The second-order valence-electron chi connectivity index (χ2n) is 11.3. The molecule has 8 aromatic rings. The number of aromatic nitrogens is 4. The van der Waals surface area contributed by atoms with E-state index >= 15 is 0 Å². The minimum absolute atomic E-state index is 0.869. The Morgan fingerprint density at radius 3 is 1.87 bits per heavy atom. The van der Waals surface area contributed by atoms with Gasteiger partial charge in [0.25, 0.3) is 0 Å². The molecule has 0 fully saturated rings. The molecule has 0 saturated heterocycles. The summed E-state index contributed by atoms with van der Waals surface area (Å²) in [6, 6.07) is 53.3. The molecule has 0 radical (unpaired) electrons. The van der Waals surface area contributed by atoms with Crippen LogP contribution in [0.25, 0.3) is 50.5 Å². The first-order chi connectivity index (χ1) is 22.8. The van der Waals surface area contributed by atoms with Crippen molar-refractivity contribution in [1.29, 1.82) is 0 Å². The lowest BCUT2D eigenvalue weighted by molar-refractivity contribution is 0.925. The zero-order valence-electron chi connectivity index (χ0n) is 25.4. The number of rotatable bonds is 7. The monoisotopic (exact) mass is 593 g/mol. The van der Waals surface area contributed by atoms with Gasteiger partial charge in [-0.05, 0) is 59.7 Å². The first kappa shape index (κ1) is 27.4. The molecule has 46 heavy (non-hydrogen) atoms. The van der Waals surface area contributed by atoms with E-state index in [1.165, 1.54) is 5.56 Å². The summed E-state index contributed by atoms with van der Waals surface area (Å²) in [5, 5.41) is 1.16. The largest absolute Gasteiger partial charge is 0.334 e. The van der Waals surface area contributed by atoms with E-state index in [1.54, 1.807) is 0 Å². The Labute approximate surface area is 268 Å². The van der Waals surface area contributed by atoms with Gasteiger partial charge in [0.05, 0.1) is 11.2 Å². The zero-order chi connectivity index (χ0) is 30.9. The highest BCUT2D eigenvalue weighted by atomic mass is 15.1. The highest BCUT2D eigenvalue weighted by molar-refractivity contribution is 6.07. The average molecular weight is 594 g/mol. The summed E-state index contributed by atoms with van der Waals surface area (Å²) in [5.41, 5.74) is 9.89. The van der Waals surface area contributed by atoms with Gasteiger partial charge in [0.1, 0.15) is 11.6 Å². The van der Waals surface area contributed by atoms with Gasteiger partial charge in [-0.2, -0.15) is 0 Å². The fourth-order valence-electron chi connectivity index (χ4n) is 6.36. The van der Waals surface area contributed by atoms with Crippen molar-refractivity contribution in [2.75, 3.05) is 4.90 Å². The van der Waals surface area contributed by atoms with Crippen LogP contribution < -0.4 is 4.90 Å². The van der Waals surface area contributed by atoms with Crippen LogP contribution in [0.3, 0.4) is 0 Å². The summed E-state index contributed by atoms with van der Waals surface area (Å²) >= 11 is 0. The van der Waals surface area contributed by atoms with Gasteiger partial charge in [0, 0.05) is 59.2 Å². The number of para-hydroxylation sites is 1. The summed E-state index contributed by atoms with van der Waals surface area (Å²) < 4.78 is 4.36. The second-order valence-corrected chi connectivity index (χ2v) is 11.3. The Balaban J connectivity index is 1.42. The Bertz CT molecular complexity index is 2250. The standard InChI is InChI=1S/C41H31N5/c1-44-27-26-43-41(44)32-18-13-21-34(28-32)45(33-19-9-4-10-20-33)35-23-24-36-37(29-35)46(38-22-11-12-25-42-38)40(31-16-7-3-8-17-31)39(36)30-14-5-2-6-15-30/h2-29H,1H3. The van der Waals surface area contributed by atoms with Gasteiger partial charge in [0.2, 0.25) is 0 Å². The van der Waals surface area contributed by atoms with Crippen molar-refractivity contribution in [3.05, 3.63) is 170 Å². The molecule has 5 nitrogen and oxygen atoms in total. The maximum atomic E-state index is 4.87. The topological polar surface area (TPSA) is 38.9 Å². The Morgan fingerprint density at radius 1 is 0.522 bits per heavy atom. The lowest BCUT2D eigenvalue weighted by Crippen LogP contribution is -2.10. The molecule has 0 aliphatic rings. The fraction of sp³-hybridized carbons (Fsp3) is 0.0244. The van der Waals surface area contributed by atoms with Crippen LogP contribution in [0.2, 0.25) is 0 Å². The molecule has 0 amide bonds. The number of anilines is 3. The predicted molar refractivity (Wildman–Crippen MR) is 189 cm³/mol. The van der Waals surface area contributed by atoms with Crippen LogP contribution in [0.5, 0.6) is 0 Å². The molecule has 0 atom stereocenters. The molecule has 0 N–H and O–H groups in total. The van der Waals surface area contributed by atoms with Crippen molar-refractivity contribution in [3.63, 3.8) is 0 Å². The smallest absolute Gasteiger partial charge is 0.139 e. The number of nitrogens with zero attached hydrogens (tertiary/aromatic N) is 5. The molecule has 3 aromatic heterocycles. The number of hydrogen-bond acceptors (Lipinski definition) is 3. The molecule has 0 unspecified atom stereocenters. The molecule has 0 aliphatic heterocycles. The van der Waals surface area contributed by atoms with Crippen LogP contribution in [0, 0.1) is 0 Å². The molecule has 5 aromatic carbocycles. The zero-order valence-corrected chi connectivity index (χ0v) is 25.4. The van der Waals surface area contributed by atoms with Gasteiger partial charge < -0.3 is 9.47 Å². The van der Waals surface area contributed by atoms with Crippen LogP contribution in [0.15, 0.2) is 170 Å². The lowest BCUT2D eigenvalue weighted by atomic mass is 9.98. The quantitative estimate of drug-likeness (QED) is 0.185. The Kier molecular flexibility index (Phi) is 6.97. The Morgan fingerprint density at radius 2 is 1.17 bits per heavy atom. The number of fused-ring (bicyclic) bond motifs is 1. The summed E-state index contributed by atoms with van der Waals surface area (Å²) in [6.07, 6.45) is 5.68. The molecule has 3 heterocycles. The van der Waals surface area contributed by atoms with E-state index in [0.717, 1.165) is 62.0 Å². The van der Waals surface area contributed by atoms with E-state index in [9.17, 15) is 0 Å². The number of hydrogen-bond donors (Lipinski definition) is 0. The number of pyridine rings is 1. The van der Waals surface area contributed by atoms with E-state index in [2.05, 4.69) is 154 Å². The van der Waals surface area contributed by atoms with Gasteiger partial charge >= 0.3 is 0 Å². The predicted octanol–water partition coefficient (Wildman–Crippen LogP) is 10.2. The minimum atomic E-state index is 0.869. The van der Waals surface area contributed by atoms with Crippen LogP contribution in [-0.4, -0.2) is 19.1 Å². The summed E-state index contributed by atoms with van der Waals surface area (Å²) in [5.74, 6) is 1.79. The molecule has 0 bridgehead atoms. The van der Waals surface area contributed by atoms with Gasteiger partial charge in [-0.25, -0.2) is 9.97 Å². The summed E-state index contributed by atoms with van der Waals surface area (Å²) in [7, 11) is 2.03. The van der Waals surface area contributed by atoms with Crippen LogP contribution in [0.1, 0.15) is 0 Å². The van der Waals surface area contributed by atoms with E-state index in [1.807, 2.05) is 42.3 Å². The van der Waals surface area contributed by atoms with Crippen molar-refractivity contribution in [2.24, 2.45) is 7.05 Å². The third-order valence-corrected chi connectivity index (χ3v) is 8.40. The maximum absolute atomic E-state index is 4.87. The van der Waals surface area contributed by atoms with Crippen molar-refractivity contribution in [1.82, 2.24) is 19.1 Å². The van der Waals surface area contributed by atoms with Gasteiger partial charge in [0.15, 0.2) is 0 Å². The highest BCUT2D eigenvalue weighted by Crippen LogP contribution is 2.45. The molecule has 220 valence electrons. The van der Waals surface area contributed by atoms with Crippen LogP contribution in [0.4, 0.5) is 17.1 Å². The van der Waals surface area contributed by atoms with Crippen molar-refractivity contribution in [3.8, 4) is 39.6 Å². The number of aryl methyl sites for hydroxylation is 1. The average Bonchev–Trinajstić information content (AvgIpc) is 3.71. The normalized spacial score (nSPS) is 11.2. The lowest BCUT2D eigenvalue weighted by Gasteiger charge is -2.26. The fourth-order valence-corrected chi connectivity index (χ4v) is 6.36. The molecule has 8 rings (SSSR count). The van der Waals surface area contributed by atoms with E-state index in [-0.39, 0.29) is 0 Å². The SMILES string of the molecule is Cn1ccnc1-c1cccc(N(c2ccccc2)c2ccc3c(-c4ccccc4)c(-c4ccccc4)n(-c4ccccn4)c3c2)c1. The van der Waals surface area contributed by atoms with Crippen molar-refractivity contribution >= 4 is 28.0 Å². The van der Waals surface area contributed by atoms with E-state index in [4.69, 9.17) is 4.98 Å². The molecular formula is C41H31N5. The number of benzene rings is 5. The Hall–Kier alpha value is -6.20. The summed E-state index contributed by atoms with van der Waals surface area (Å²) in [4.78, 5) is 11.8. The summed E-state index contributed by atoms with van der Waals surface area (Å²) in [6.45, 7) is 0. The third-order valence-electron chi connectivity index (χ3n) is 8.40. The molecule has 0 aliphatic carbocycles. The van der Waals surface area contributed by atoms with Crippen LogP contribution >= 0.6 is 0 Å². The second kappa shape index (κ2) is 11.7. The molecule has 5 heteroatoms. The van der Waals surface area contributed by atoms with Crippen molar-refractivity contribution in [2.45, 2.75) is 0 Å². The first-order valence-corrected chi connectivity index (χ1v) is 15.4. The van der Waals surface area contributed by atoms with Gasteiger partial charge in [-0.15, -0.1) is 0 Å². The van der Waals surface area contributed by atoms with Gasteiger partial charge in [-0.3, -0.25) is 4.57 Å². The number of imidazole rings is 1. The van der Waals surface area contributed by atoms with E-state index < -0.39 is 0 Å². The van der Waals surface area contributed by atoms with E-state index in [0.29, 0.717) is 0 Å². The maximum Gasteiger partial charge on any atom is 0.139 e. The van der Waals surface area contributed by atoms with Crippen LogP contribution in [-0.2, 0) is 7.05 Å². The molecule has 0 saturated carbocycles. The highest BCUT2D eigenvalue weighted by Gasteiger charge is 2.23. The van der Waals surface area contributed by atoms with Gasteiger partial charge in [-0.1, -0.05) is 103 Å². The minimum Gasteiger partial charge on any atom is -0.334 e. The molecule has 0 spiro atoms. The van der Waals surface area contributed by atoms with Crippen molar-refractivity contribution < 1.29 is 0 Å². The first-order valence-electron chi connectivity index (χ1n) is 15.4.